The third-order valence-electron chi connectivity index (χ3n) is 4.71. The molecule has 0 radical (unpaired) electrons. The van der Waals surface area contributed by atoms with Gasteiger partial charge in [-0.3, -0.25) is 0 Å². The number of rotatable bonds is 5. The number of phenolic OH excluding ortho intramolecular Hbond substituents is 1. The lowest BCUT2D eigenvalue weighted by molar-refractivity contribution is 0.284. The van der Waals surface area contributed by atoms with Crippen molar-refractivity contribution in [3.8, 4) is 28.6 Å². The molecule has 0 aliphatic heterocycles. The van der Waals surface area contributed by atoms with E-state index in [1.165, 1.54) is 17.2 Å². The molecule has 7 nitrogen and oxygen atoms in total. The molecule has 1 aliphatic rings. The van der Waals surface area contributed by atoms with E-state index in [4.69, 9.17) is 15.4 Å². The minimum Gasteiger partial charge on any atom is -0.506 e. The molecule has 5 N–H and O–H groups in total. The van der Waals surface area contributed by atoms with Crippen molar-refractivity contribution in [2.75, 3.05) is 18.9 Å². The van der Waals surface area contributed by atoms with Crippen molar-refractivity contribution in [2.24, 2.45) is 0 Å². The van der Waals surface area contributed by atoms with Gasteiger partial charge in [-0.05, 0) is 42.2 Å². The molecule has 0 amide bonds. The fourth-order valence-electron chi connectivity index (χ4n) is 3.45. The van der Waals surface area contributed by atoms with E-state index < -0.39 is 0 Å². The van der Waals surface area contributed by atoms with E-state index in [1.54, 1.807) is 12.1 Å². The van der Waals surface area contributed by atoms with E-state index in [9.17, 15) is 5.11 Å². The number of aromatic hydroxyl groups is 1. The van der Waals surface area contributed by atoms with Crippen LogP contribution in [0.4, 0.5) is 5.69 Å². The fraction of sp³-hybridized carbons (Fsp3) is 0.263. The summed E-state index contributed by atoms with van der Waals surface area (Å²) in [6.45, 7) is 0.693. The van der Waals surface area contributed by atoms with E-state index in [0.29, 0.717) is 23.8 Å². The smallest absolute Gasteiger partial charge is 0.258 e. The Morgan fingerprint density at radius 2 is 2.15 bits per heavy atom. The number of nitrogens with zero attached hydrogens (tertiary/aromatic N) is 2. The van der Waals surface area contributed by atoms with Crippen LogP contribution in [-0.4, -0.2) is 33.5 Å². The van der Waals surface area contributed by atoms with Gasteiger partial charge in [0.25, 0.3) is 5.89 Å². The van der Waals surface area contributed by atoms with Crippen molar-refractivity contribution >= 4 is 5.69 Å². The molecule has 2 aromatic carbocycles. The Morgan fingerprint density at radius 1 is 1.27 bits per heavy atom. The summed E-state index contributed by atoms with van der Waals surface area (Å²) in [4.78, 5) is 4.51. The fourth-order valence-corrected chi connectivity index (χ4v) is 3.45. The van der Waals surface area contributed by atoms with Crippen LogP contribution >= 0.6 is 0 Å². The Bertz CT molecular complexity index is 938. The number of aromatic nitrogens is 2. The summed E-state index contributed by atoms with van der Waals surface area (Å²) in [7, 11) is 0. The summed E-state index contributed by atoms with van der Waals surface area (Å²) in [6.07, 6.45) is 1.90. The Kier molecular flexibility index (Phi) is 4.32. The third kappa shape index (κ3) is 2.91. The van der Waals surface area contributed by atoms with Crippen molar-refractivity contribution in [2.45, 2.75) is 18.9 Å². The quantitative estimate of drug-likeness (QED) is 0.411. The van der Waals surface area contributed by atoms with Gasteiger partial charge in [-0.25, -0.2) is 0 Å². The van der Waals surface area contributed by atoms with Gasteiger partial charge in [-0.2, -0.15) is 4.98 Å². The second-order valence-electron chi connectivity index (χ2n) is 6.34. The molecule has 4 rings (SSSR count). The monoisotopic (exact) mass is 352 g/mol. The number of fused-ring (bicyclic) bond motifs is 1. The van der Waals surface area contributed by atoms with E-state index >= 15 is 0 Å². The van der Waals surface area contributed by atoms with E-state index in [2.05, 4.69) is 21.5 Å². The summed E-state index contributed by atoms with van der Waals surface area (Å²) in [5.74, 6) is 0.916. The van der Waals surface area contributed by atoms with Gasteiger partial charge in [0.2, 0.25) is 5.82 Å². The highest BCUT2D eigenvalue weighted by Gasteiger charge is 2.26. The largest absolute Gasteiger partial charge is 0.506 e. The zero-order valence-corrected chi connectivity index (χ0v) is 14.1. The van der Waals surface area contributed by atoms with E-state index in [-0.39, 0.29) is 24.1 Å². The number of nitrogen functional groups attached to an aromatic ring is 1. The number of phenols is 1. The van der Waals surface area contributed by atoms with Crippen molar-refractivity contribution in [3.63, 3.8) is 0 Å². The molecule has 0 spiro atoms. The van der Waals surface area contributed by atoms with E-state index in [1.807, 2.05) is 12.1 Å². The van der Waals surface area contributed by atoms with Gasteiger partial charge in [-0.1, -0.05) is 23.4 Å². The lowest BCUT2D eigenvalue weighted by Gasteiger charge is -2.13. The molecule has 26 heavy (non-hydrogen) atoms. The average Bonchev–Trinajstić information content (AvgIpc) is 3.29. The Morgan fingerprint density at radius 3 is 2.96 bits per heavy atom. The van der Waals surface area contributed by atoms with Crippen LogP contribution < -0.4 is 11.1 Å². The number of nitrogens with one attached hydrogen (secondary N) is 1. The highest BCUT2D eigenvalue weighted by Crippen LogP contribution is 2.37. The normalized spacial score (nSPS) is 16.0. The topological polar surface area (TPSA) is 117 Å². The lowest BCUT2D eigenvalue weighted by Crippen LogP contribution is -2.22. The van der Waals surface area contributed by atoms with Crippen molar-refractivity contribution in [1.82, 2.24) is 15.5 Å². The third-order valence-corrected chi connectivity index (χ3v) is 4.71. The molecule has 3 aromatic rings. The molecule has 1 unspecified atom stereocenters. The van der Waals surface area contributed by atoms with Gasteiger partial charge >= 0.3 is 0 Å². The standard InChI is InChI=1S/C19H20N4O3/c20-15-10-11(4-7-17(15)25)19-22-18(23-26-19)14-3-1-2-13-12(14)5-6-16(13)21-8-9-24/h1-4,7,10,16,21,24-25H,5-6,8-9,20H2. The molecular formula is C19H20N4O3. The lowest BCUT2D eigenvalue weighted by atomic mass is 10.0. The van der Waals surface area contributed by atoms with Gasteiger partial charge in [0.15, 0.2) is 0 Å². The van der Waals surface area contributed by atoms with Crippen LogP contribution in [0.25, 0.3) is 22.8 Å². The number of hydrogen-bond donors (Lipinski definition) is 4. The summed E-state index contributed by atoms with van der Waals surface area (Å²) >= 11 is 0. The number of nitrogens with two attached hydrogens (primary N) is 1. The number of aliphatic hydroxyl groups is 1. The minimum absolute atomic E-state index is 0.0239. The molecule has 0 saturated heterocycles. The molecule has 0 saturated carbocycles. The number of hydrogen-bond acceptors (Lipinski definition) is 7. The molecule has 1 heterocycles. The van der Waals surface area contributed by atoms with Crippen LogP contribution in [0.5, 0.6) is 5.75 Å². The average molecular weight is 352 g/mol. The first-order valence-corrected chi connectivity index (χ1v) is 8.56. The SMILES string of the molecule is Nc1cc(-c2nc(-c3cccc4c3CCC4NCCO)no2)ccc1O. The minimum atomic E-state index is 0.0239. The number of benzene rings is 2. The number of aliphatic hydroxyl groups excluding tert-OH is 1. The van der Waals surface area contributed by atoms with Crippen LogP contribution in [0, 0.1) is 0 Å². The van der Waals surface area contributed by atoms with Gasteiger partial charge in [-0.15, -0.1) is 0 Å². The first kappa shape index (κ1) is 16.6. The molecule has 1 aromatic heterocycles. The first-order chi connectivity index (χ1) is 12.7. The zero-order valence-electron chi connectivity index (χ0n) is 14.1. The molecule has 134 valence electrons. The zero-order chi connectivity index (χ0) is 18.1. The molecule has 1 atom stereocenters. The van der Waals surface area contributed by atoms with Crippen molar-refractivity contribution in [3.05, 3.63) is 47.5 Å². The Labute approximate surface area is 150 Å². The summed E-state index contributed by atoms with van der Waals surface area (Å²) in [5, 5.41) is 26.1. The first-order valence-electron chi connectivity index (χ1n) is 8.56. The van der Waals surface area contributed by atoms with Gasteiger partial charge < -0.3 is 25.8 Å². The van der Waals surface area contributed by atoms with Crippen LogP contribution in [-0.2, 0) is 6.42 Å². The van der Waals surface area contributed by atoms with Crippen LogP contribution in [0.2, 0.25) is 0 Å². The summed E-state index contributed by atoms with van der Waals surface area (Å²) in [6, 6.07) is 11.1. The summed E-state index contributed by atoms with van der Waals surface area (Å²) in [5.41, 5.74) is 10.0. The molecule has 0 fully saturated rings. The van der Waals surface area contributed by atoms with Crippen molar-refractivity contribution in [1.29, 1.82) is 0 Å². The Hall–Kier alpha value is -2.90. The summed E-state index contributed by atoms with van der Waals surface area (Å²) < 4.78 is 5.40. The maximum Gasteiger partial charge on any atom is 0.258 e. The Balaban J connectivity index is 1.66. The van der Waals surface area contributed by atoms with E-state index in [0.717, 1.165) is 18.4 Å². The predicted molar refractivity (Wildman–Crippen MR) is 97.4 cm³/mol. The molecular weight excluding hydrogens is 332 g/mol. The predicted octanol–water partition coefficient (Wildman–Crippen LogP) is 2.26. The highest BCUT2D eigenvalue weighted by molar-refractivity contribution is 5.68. The number of anilines is 1. The molecule has 0 bridgehead atoms. The highest BCUT2D eigenvalue weighted by atomic mass is 16.5. The van der Waals surface area contributed by atoms with Gasteiger partial charge in [0, 0.05) is 23.7 Å². The second kappa shape index (κ2) is 6.78. The van der Waals surface area contributed by atoms with Crippen LogP contribution in [0.3, 0.4) is 0 Å². The maximum atomic E-state index is 9.55. The van der Waals surface area contributed by atoms with Crippen LogP contribution in [0.1, 0.15) is 23.6 Å². The maximum absolute atomic E-state index is 9.55. The second-order valence-corrected chi connectivity index (χ2v) is 6.34. The van der Waals surface area contributed by atoms with Crippen molar-refractivity contribution < 1.29 is 14.7 Å². The van der Waals surface area contributed by atoms with Gasteiger partial charge in [0.1, 0.15) is 5.75 Å². The molecule has 1 aliphatic carbocycles. The van der Waals surface area contributed by atoms with Crippen LogP contribution in [0.15, 0.2) is 40.9 Å². The van der Waals surface area contributed by atoms with Gasteiger partial charge in [0.05, 0.1) is 12.3 Å². The molecule has 7 heteroatoms.